The number of benzene rings is 1. The first-order valence-electron chi connectivity index (χ1n) is 6.60. The lowest BCUT2D eigenvalue weighted by atomic mass is 10.1. The number of aryl methyl sites for hydroxylation is 2. The van der Waals surface area contributed by atoms with E-state index in [2.05, 4.69) is 0 Å². The van der Waals surface area contributed by atoms with Crippen molar-refractivity contribution in [1.82, 2.24) is 4.31 Å². The number of carboxylic acid groups (broad SMARTS) is 1. The molecular weight excluding hydrogens is 278 g/mol. The molecule has 110 valence electrons. The van der Waals surface area contributed by atoms with Crippen LogP contribution in [0.3, 0.4) is 0 Å². The van der Waals surface area contributed by atoms with Crippen molar-refractivity contribution in [3.63, 3.8) is 0 Å². The van der Waals surface area contributed by atoms with E-state index in [0.717, 1.165) is 21.0 Å². The zero-order valence-electron chi connectivity index (χ0n) is 11.7. The highest BCUT2D eigenvalue weighted by molar-refractivity contribution is 7.88. The first-order chi connectivity index (χ1) is 9.33. The zero-order chi connectivity index (χ0) is 14.9. The van der Waals surface area contributed by atoms with Gasteiger partial charge < -0.3 is 5.11 Å². The Morgan fingerprint density at radius 1 is 1.35 bits per heavy atom. The number of rotatable bonds is 4. The van der Waals surface area contributed by atoms with E-state index in [1.165, 1.54) is 0 Å². The predicted molar refractivity (Wildman–Crippen MR) is 75.9 cm³/mol. The van der Waals surface area contributed by atoms with Crippen molar-refractivity contribution in [1.29, 1.82) is 0 Å². The van der Waals surface area contributed by atoms with Crippen molar-refractivity contribution >= 4 is 16.0 Å². The molecule has 1 fully saturated rings. The molecule has 0 aliphatic carbocycles. The Labute approximate surface area is 119 Å². The topological polar surface area (TPSA) is 74.7 Å². The molecule has 0 radical (unpaired) electrons. The molecule has 6 heteroatoms. The second-order valence-electron chi connectivity index (χ2n) is 5.23. The highest BCUT2D eigenvalue weighted by Crippen LogP contribution is 2.25. The number of aliphatic carboxylic acids is 1. The maximum absolute atomic E-state index is 12.5. The van der Waals surface area contributed by atoms with Crippen molar-refractivity contribution in [3.05, 3.63) is 34.9 Å². The molecular formula is C14H19NO4S. The van der Waals surface area contributed by atoms with Crippen LogP contribution >= 0.6 is 0 Å². The zero-order valence-corrected chi connectivity index (χ0v) is 12.5. The highest BCUT2D eigenvalue weighted by Gasteiger charge is 2.38. The fourth-order valence-corrected chi connectivity index (χ4v) is 4.64. The molecule has 1 aromatic carbocycles. The molecule has 1 heterocycles. The smallest absolute Gasteiger partial charge is 0.322 e. The molecule has 0 aromatic heterocycles. The van der Waals surface area contributed by atoms with Crippen LogP contribution in [0.4, 0.5) is 0 Å². The van der Waals surface area contributed by atoms with Gasteiger partial charge in [0.15, 0.2) is 0 Å². The molecule has 0 bridgehead atoms. The van der Waals surface area contributed by atoms with E-state index in [1.807, 2.05) is 32.0 Å². The van der Waals surface area contributed by atoms with Gasteiger partial charge >= 0.3 is 5.97 Å². The Bertz CT molecular complexity index is 604. The summed E-state index contributed by atoms with van der Waals surface area (Å²) in [5.74, 6) is -1.19. The minimum Gasteiger partial charge on any atom is -0.480 e. The molecule has 0 spiro atoms. The Hall–Kier alpha value is -1.40. The van der Waals surface area contributed by atoms with Crippen LogP contribution in [0.5, 0.6) is 0 Å². The molecule has 5 nitrogen and oxygen atoms in total. The van der Waals surface area contributed by atoms with Gasteiger partial charge in [0, 0.05) is 6.54 Å². The molecule has 1 N–H and O–H groups in total. The standard InChI is InChI=1S/C14H19NO4S/c1-10-5-3-6-11(2)12(10)9-20(18,19)15-8-4-7-13(15)14(16)17/h3,5-6,13H,4,7-9H2,1-2H3,(H,16,17)/t13-/m1/s1. The minimum absolute atomic E-state index is 0.130. The summed E-state index contributed by atoms with van der Waals surface area (Å²) in [7, 11) is -3.60. The average molecular weight is 297 g/mol. The number of sulfonamides is 1. The van der Waals surface area contributed by atoms with Crippen LogP contribution in [-0.4, -0.2) is 36.4 Å². The second-order valence-corrected chi connectivity index (χ2v) is 7.16. The molecule has 0 unspecified atom stereocenters. The summed E-state index contributed by atoms with van der Waals surface area (Å²) in [5, 5.41) is 9.12. The van der Waals surface area contributed by atoms with Gasteiger partial charge in [-0.25, -0.2) is 8.42 Å². The quantitative estimate of drug-likeness (QED) is 0.917. The molecule has 1 aromatic rings. The third-order valence-electron chi connectivity index (χ3n) is 3.82. The number of carboxylic acids is 1. The van der Waals surface area contributed by atoms with E-state index < -0.39 is 22.0 Å². The minimum atomic E-state index is -3.60. The molecule has 1 aliphatic heterocycles. The van der Waals surface area contributed by atoms with Gasteiger partial charge in [-0.2, -0.15) is 4.31 Å². The molecule has 1 saturated heterocycles. The third-order valence-corrected chi connectivity index (χ3v) is 5.62. The maximum Gasteiger partial charge on any atom is 0.322 e. The molecule has 1 aliphatic rings. The summed E-state index contributed by atoms with van der Waals surface area (Å²) < 4.78 is 26.1. The maximum atomic E-state index is 12.5. The van der Waals surface area contributed by atoms with Crippen molar-refractivity contribution in [2.24, 2.45) is 0 Å². The lowest BCUT2D eigenvalue weighted by Crippen LogP contribution is -2.41. The van der Waals surface area contributed by atoms with Gasteiger partial charge in [0.1, 0.15) is 6.04 Å². The van der Waals surface area contributed by atoms with Gasteiger partial charge in [-0.1, -0.05) is 18.2 Å². The van der Waals surface area contributed by atoms with E-state index in [-0.39, 0.29) is 5.75 Å². The fourth-order valence-electron chi connectivity index (χ4n) is 2.66. The first kappa shape index (κ1) is 15.0. The van der Waals surface area contributed by atoms with Crippen molar-refractivity contribution in [2.45, 2.75) is 38.5 Å². The second kappa shape index (κ2) is 5.54. The fraction of sp³-hybridized carbons (Fsp3) is 0.500. The van der Waals surface area contributed by atoms with Crippen molar-refractivity contribution in [3.8, 4) is 0 Å². The number of hydrogen-bond donors (Lipinski definition) is 1. The van der Waals surface area contributed by atoms with E-state index in [4.69, 9.17) is 5.11 Å². The van der Waals surface area contributed by atoms with Gasteiger partial charge in [-0.3, -0.25) is 4.79 Å². The van der Waals surface area contributed by atoms with Gasteiger partial charge in [0.05, 0.1) is 5.75 Å². The van der Waals surface area contributed by atoms with Crippen LogP contribution in [0.2, 0.25) is 0 Å². The van der Waals surface area contributed by atoms with Gasteiger partial charge in [0.2, 0.25) is 10.0 Å². The monoisotopic (exact) mass is 297 g/mol. The molecule has 20 heavy (non-hydrogen) atoms. The van der Waals surface area contributed by atoms with Gasteiger partial charge in [-0.05, 0) is 43.4 Å². The normalized spacial score (nSPS) is 20.2. The molecule has 1 atom stereocenters. The van der Waals surface area contributed by atoms with Crippen molar-refractivity contribution < 1.29 is 18.3 Å². The van der Waals surface area contributed by atoms with Crippen LogP contribution in [0, 0.1) is 13.8 Å². The van der Waals surface area contributed by atoms with Crippen LogP contribution in [0.25, 0.3) is 0 Å². The van der Waals surface area contributed by atoms with E-state index in [0.29, 0.717) is 19.4 Å². The van der Waals surface area contributed by atoms with Crippen LogP contribution in [-0.2, 0) is 20.6 Å². The molecule has 0 saturated carbocycles. The van der Waals surface area contributed by atoms with Gasteiger partial charge in [0.25, 0.3) is 0 Å². The Morgan fingerprint density at radius 3 is 2.50 bits per heavy atom. The summed E-state index contributed by atoms with van der Waals surface area (Å²) in [6.07, 6.45) is 0.990. The number of hydrogen-bond acceptors (Lipinski definition) is 3. The Kier molecular flexibility index (Phi) is 4.15. The summed E-state index contributed by atoms with van der Waals surface area (Å²) in [4.78, 5) is 11.1. The number of carbonyl (C=O) groups is 1. The van der Waals surface area contributed by atoms with Crippen LogP contribution in [0.1, 0.15) is 29.5 Å². The van der Waals surface area contributed by atoms with Gasteiger partial charge in [-0.15, -0.1) is 0 Å². The van der Waals surface area contributed by atoms with E-state index in [1.54, 1.807) is 0 Å². The lowest BCUT2D eigenvalue weighted by Gasteiger charge is -2.22. The summed E-state index contributed by atoms with van der Waals surface area (Å²) >= 11 is 0. The van der Waals surface area contributed by atoms with E-state index >= 15 is 0 Å². The first-order valence-corrected chi connectivity index (χ1v) is 8.21. The summed E-state index contributed by atoms with van der Waals surface area (Å²) in [6, 6.07) is 4.72. The predicted octanol–water partition coefficient (Wildman–Crippen LogP) is 1.68. The number of nitrogens with zero attached hydrogens (tertiary/aromatic N) is 1. The largest absolute Gasteiger partial charge is 0.480 e. The molecule has 0 amide bonds. The Balaban J connectivity index is 2.30. The summed E-state index contributed by atoms with van der Waals surface area (Å²) in [5.41, 5.74) is 2.60. The van der Waals surface area contributed by atoms with Crippen LogP contribution in [0.15, 0.2) is 18.2 Å². The van der Waals surface area contributed by atoms with Crippen molar-refractivity contribution in [2.75, 3.05) is 6.54 Å². The summed E-state index contributed by atoms with van der Waals surface area (Å²) in [6.45, 7) is 4.04. The van der Waals surface area contributed by atoms with Crippen LogP contribution < -0.4 is 0 Å². The van der Waals surface area contributed by atoms with E-state index in [9.17, 15) is 13.2 Å². The Morgan fingerprint density at radius 2 is 1.95 bits per heavy atom. The highest BCUT2D eigenvalue weighted by atomic mass is 32.2. The lowest BCUT2D eigenvalue weighted by molar-refractivity contribution is -0.140. The SMILES string of the molecule is Cc1cccc(C)c1CS(=O)(=O)N1CCC[C@@H]1C(=O)O. The molecule has 2 rings (SSSR count). The third kappa shape index (κ3) is 2.86. The average Bonchev–Trinajstić information content (AvgIpc) is 2.84.